The predicted octanol–water partition coefficient (Wildman–Crippen LogP) is 2.91. The van der Waals surface area contributed by atoms with Gasteiger partial charge in [-0.2, -0.15) is 0 Å². The summed E-state index contributed by atoms with van der Waals surface area (Å²) in [4.78, 5) is 0. The lowest BCUT2D eigenvalue weighted by Gasteiger charge is -2.04. The summed E-state index contributed by atoms with van der Waals surface area (Å²) in [6.45, 7) is 3.84. The van der Waals surface area contributed by atoms with Gasteiger partial charge in [-0.3, -0.25) is 0 Å². The molecular weight excluding hydrogens is 144 g/mol. The van der Waals surface area contributed by atoms with E-state index in [0.717, 1.165) is 12.0 Å². The average molecular weight is 155 g/mol. The van der Waals surface area contributed by atoms with Gasteiger partial charge in [-0.05, 0) is 12.3 Å². The van der Waals surface area contributed by atoms with Crippen LogP contribution in [0.3, 0.4) is 0 Å². The Kier molecular flexibility index (Phi) is 2.76. The van der Waals surface area contributed by atoms with E-state index in [4.69, 9.17) is 11.6 Å². The fraction of sp³-hybridized carbons (Fsp3) is 0.333. The molecule has 0 heterocycles. The summed E-state index contributed by atoms with van der Waals surface area (Å²) in [6, 6.07) is 0. The van der Waals surface area contributed by atoms with Crippen molar-refractivity contribution in [1.82, 2.24) is 0 Å². The fourth-order valence-electron chi connectivity index (χ4n) is 1.00. The molecule has 0 aromatic heterocycles. The van der Waals surface area contributed by atoms with Crippen molar-refractivity contribution in [2.75, 3.05) is 5.88 Å². The molecule has 0 saturated carbocycles. The van der Waals surface area contributed by atoms with Crippen molar-refractivity contribution in [2.24, 2.45) is 5.92 Å². The number of hydrogen-bond acceptors (Lipinski definition) is 0. The summed E-state index contributed by atoms with van der Waals surface area (Å²) in [6.07, 6.45) is 9.45. The van der Waals surface area contributed by atoms with Crippen LogP contribution in [0.5, 0.6) is 0 Å². The largest absolute Gasteiger partial charge is 0.122 e. The second kappa shape index (κ2) is 3.62. The summed E-state index contributed by atoms with van der Waals surface area (Å²) in [5.41, 5.74) is 1.11. The molecule has 1 aliphatic carbocycles. The van der Waals surface area contributed by atoms with E-state index in [1.54, 1.807) is 0 Å². The molecular formula is C9H11Cl. The second-order valence-corrected chi connectivity index (χ2v) is 2.79. The molecule has 1 heteroatoms. The van der Waals surface area contributed by atoms with Crippen LogP contribution in [0.2, 0.25) is 0 Å². The van der Waals surface area contributed by atoms with Crippen LogP contribution in [0, 0.1) is 5.92 Å². The molecule has 1 rings (SSSR count). The van der Waals surface area contributed by atoms with E-state index in [-0.39, 0.29) is 0 Å². The fourth-order valence-corrected chi connectivity index (χ4v) is 1.11. The topological polar surface area (TPSA) is 0 Å². The number of rotatable bonds is 3. The molecule has 0 aliphatic heterocycles. The average Bonchev–Trinajstić information content (AvgIpc) is 2.40. The molecule has 0 aromatic carbocycles. The number of halogens is 1. The second-order valence-electron chi connectivity index (χ2n) is 2.52. The van der Waals surface area contributed by atoms with Crippen molar-refractivity contribution in [2.45, 2.75) is 6.42 Å². The van der Waals surface area contributed by atoms with Gasteiger partial charge in [0.25, 0.3) is 0 Å². The highest BCUT2D eigenvalue weighted by Crippen LogP contribution is 2.17. The van der Waals surface area contributed by atoms with Crippen LogP contribution in [0.25, 0.3) is 0 Å². The van der Waals surface area contributed by atoms with E-state index in [2.05, 4.69) is 30.9 Å². The molecule has 0 aromatic rings. The molecule has 0 saturated heterocycles. The van der Waals surface area contributed by atoms with Gasteiger partial charge in [0, 0.05) is 5.88 Å². The van der Waals surface area contributed by atoms with Crippen LogP contribution in [-0.4, -0.2) is 5.88 Å². The SMILES string of the molecule is C=C(CCl)CC1C=CC=C1. The van der Waals surface area contributed by atoms with E-state index < -0.39 is 0 Å². The van der Waals surface area contributed by atoms with Crippen LogP contribution >= 0.6 is 11.6 Å². The lowest BCUT2D eigenvalue weighted by molar-refractivity contribution is 0.809. The zero-order chi connectivity index (χ0) is 7.40. The minimum Gasteiger partial charge on any atom is -0.122 e. The third kappa shape index (κ3) is 2.03. The number of hydrogen-bond donors (Lipinski definition) is 0. The van der Waals surface area contributed by atoms with Crippen molar-refractivity contribution in [3.05, 3.63) is 36.5 Å². The van der Waals surface area contributed by atoms with E-state index in [0.29, 0.717) is 11.8 Å². The van der Waals surface area contributed by atoms with Crippen molar-refractivity contribution in [3.8, 4) is 0 Å². The van der Waals surface area contributed by atoms with Gasteiger partial charge in [0.1, 0.15) is 0 Å². The summed E-state index contributed by atoms with van der Waals surface area (Å²) < 4.78 is 0. The molecule has 0 amide bonds. The lowest BCUT2D eigenvalue weighted by atomic mass is 10.0. The highest BCUT2D eigenvalue weighted by Gasteiger charge is 2.04. The van der Waals surface area contributed by atoms with E-state index in [1.165, 1.54) is 0 Å². The molecule has 0 nitrogen and oxygen atoms in total. The molecule has 0 unspecified atom stereocenters. The minimum atomic E-state index is 0.547. The molecule has 1 aliphatic rings. The molecule has 0 bridgehead atoms. The highest BCUT2D eigenvalue weighted by molar-refractivity contribution is 6.19. The predicted molar refractivity (Wildman–Crippen MR) is 46.2 cm³/mol. The Balaban J connectivity index is 2.32. The van der Waals surface area contributed by atoms with Gasteiger partial charge in [0.15, 0.2) is 0 Å². The Bertz CT molecular complexity index is 165. The lowest BCUT2D eigenvalue weighted by Crippen LogP contribution is -1.92. The first kappa shape index (κ1) is 7.62. The van der Waals surface area contributed by atoms with Gasteiger partial charge in [-0.25, -0.2) is 0 Å². The standard InChI is InChI=1S/C9H11Cl/c1-8(7-10)6-9-4-2-3-5-9/h2-5,9H,1,6-7H2. The maximum atomic E-state index is 5.58. The quantitative estimate of drug-likeness (QED) is 0.433. The van der Waals surface area contributed by atoms with Gasteiger partial charge in [-0.1, -0.05) is 36.5 Å². The smallest absolute Gasteiger partial charge is 0.0431 e. The maximum Gasteiger partial charge on any atom is 0.0431 e. The van der Waals surface area contributed by atoms with Crippen molar-refractivity contribution >= 4 is 11.6 Å². The summed E-state index contributed by atoms with van der Waals surface area (Å²) in [5.74, 6) is 1.13. The first-order valence-corrected chi connectivity index (χ1v) is 3.94. The molecule has 54 valence electrons. The van der Waals surface area contributed by atoms with Gasteiger partial charge >= 0.3 is 0 Å². The Morgan fingerprint density at radius 2 is 2.00 bits per heavy atom. The maximum absolute atomic E-state index is 5.58. The molecule has 0 atom stereocenters. The zero-order valence-electron chi connectivity index (χ0n) is 5.89. The van der Waals surface area contributed by atoms with Crippen LogP contribution in [-0.2, 0) is 0 Å². The Morgan fingerprint density at radius 1 is 1.40 bits per heavy atom. The van der Waals surface area contributed by atoms with Crippen molar-refractivity contribution in [3.63, 3.8) is 0 Å². The molecule has 0 fully saturated rings. The Labute approximate surface area is 66.9 Å². The summed E-state index contributed by atoms with van der Waals surface area (Å²) in [5, 5.41) is 0. The summed E-state index contributed by atoms with van der Waals surface area (Å²) >= 11 is 5.58. The van der Waals surface area contributed by atoms with Crippen LogP contribution in [0.1, 0.15) is 6.42 Å². The highest BCUT2D eigenvalue weighted by atomic mass is 35.5. The van der Waals surface area contributed by atoms with Crippen molar-refractivity contribution in [1.29, 1.82) is 0 Å². The van der Waals surface area contributed by atoms with Crippen LogP contribution in [0.4, 0.5) is 0 Å². The van der Waals surface area contributed by atoms with Crippen LogP contribution < -0.4 is 0 Å². The van der Waals surface area contributed by atoms with Gasteiger partial charge in [0.2, 0.25) is 0 Å². The van der Waals surface area contributed by atoms with E-state index in [1.807, 2.05) is 0 Å². The minimum absolute atomic E-state index is 0.547. The van der Waals surface area contributed by atoms with E-state index in [9.17, 15) is 0 Å². The van der Waals surface area contributed by atoms with E-state index >= 15 is 0 Å². The van der Waals surface area contributed by atoms with Gasteiger partial charge in [-0.15, -0.1) is 11.6 Å². The first-order valence-electron chi connectivity index (χ1n) is 3.40. The van der Waals surface area contributed by atoms with Gasteiger partial charge in [0.05, 0.1) is 0 Å². The van der Waals surface area contributed by atoms with Crippen molar-refractivity contribution < 1.29 is 0 Å². The third-order valence-electron chi connectivity index (χ3n) is 1.54. The third-order valence-corrected chi connectivity index (χ3v) is 1.92. The molecule has 0 N–H and O–H groups in total. The van der Waals surface area contributed by atoms with Crippen LogP contribution in [0.15, 0.2) is 36.5 Å². The normalized spacial score (nSPS) is 16.5. The Morgan fingerprint density at radius 3 is 2.50 bits per heavy atom. The monoisotopic (exact) mass is 154 g/mol. The van der Waals surface area contributed by atoms with Gasteiger partial charge < -0.3 is 0 Å². The summed E-state index contributed by atoms with van der Waals surface area (Å²) in [7, 11) is 0. The Hall–Kier alpha value is -0.490. The molecule has 0 radical (unpaired) electrons. The number of alkyl halides is 1. The number of allylic oxidation sites excluding steroid dienone is 5. The first-order chi connectivity index (χ1) is 4.83. The zero-order valence-corrected chi connectivity index (χ0v) is 6.64. The molecule has 0 spiro atoms. The molecule has 10 heavy (non-hydrogen) atoms.